The van der Waals surface area contributed by atoms with E-state index >= 15 is 0 Å². The van der Waals surface area contributed by atoms with E-state index in [1.165, 1.54) is 6.26 Å². The standard InChI is InChI=1S/C9H20N2O2S/c1-7(2)10-8-4-5-9(6-8)11-14(3,12)13/h7-11H,4-6H2,1-3H3/t8-,9-/m0/s1. The summed E-state index contributed by atoms with van der Waals surface area (Å²) in [5.74, 6) is 0. The molecule has 1 fully saturated rings. The van der Waals surface area contributed by atoms with Crippen LogP contribution >= 0.6 is 0 Å². The maximum Gasteiger partial charge on any atom is 0.208 e. The lowest BCUT2D eigenvalue weighted by Gasteiger charge is -2.16. The van der Waals surface area contributed by atoms with Crippen LogP contribution in [0.1, 0.15) is 33.1 Å². The molecule has 14 heavy (non-hydrogen) atoms. The minimum atomic E-state index is -3.04. The summed E-state index contributed by atoms with van der Waals surface area (Å²) in [6, 6.07) is 1.06. The first-order valence-corrected chi connectivity index (χ1v) is 6.99. The van der Waals surface area contributed by atoms with Crippen LogP contribution in [0.15, 0.2) is 0 Å². The van der Waals surface area contributed by atoms with Gasteiger partial charge in [0.1, 0.15) is 0 Å². The maximum absolute atomic E-state index is 11.0. The number of nitrogens with one attached hydrogen (secondary N) is 2. The largest absolute Gasteiger partial charge is 0.312 e. The number of hydrogen-bond acceptors (Lipinski definition) is 3. The van der Waals surface area contributed by atoms with Gasteiger partial charge in [-0.25, -0.2) is 13.1 Å². The monoisotopic (exact) mass is 220 g/mol. The van der Waals surface area contributed by atoms with Crippen LogP contribution in [0.25, 0.3) is 0 Å². The molecule has 0 radical (unpaired) electrons. The van der Waals surface area contributed by atoms with Gasteiger partial charge in [0.25, 0.3) is 0 Å². The molecule has 84 valence electrons. The summed E-state index contributed by atoms with van der Waals surface area (Å²) in [6.45, 7) is 4.22. The van der Waals surface area contributed by atoms with Gasteiger partial charge in [-0.3, -0.25) is 0 Å². The quantitative estimate of drug-likeness (QED) is 0.723. The predicted molar refractivity (Wildman–Crippen MR) is 57.7 cm³/mol. The summed E-state index contributed by atoms with van der Waals surface area (Å²) in [7, 11) is -3.04. The summed E-state index contributed by atoms with van der Waals surface area (Å²) in [6.07, 6.45) is 4.13. The molecule has 1 aliphatic carbocycles. The second kappa shape index (κ2) is 4.59. The van der Waals surface area contributed by atoms with Crippen molar-refractivity contribution in [1.29, 1.82) is 0 Å². The van der Waals surface area contributed by atoms with Gasteiger partial charge in [-0.1, -0.05) is 13.8 Å². The van der Waals surface area contributed by atoms with Crippen LogP contribution in [0.4, 0.5) is 0 Å². The van der Waals surface area contributed by atoms with Crippen LogP contribution in [0.2, 0.25) is 0 Å². The third-order valence-electron chi connectivity index (χ3n) is 2.38. The van der Waals surface area contributed by atoms with Crippen LogP contribution < -0.4 is 10.0 Å². The van der Waals surface area contributed by atoms with E-state index in [-0.39, 0.29) is 6.04 Å². The third kappa shape index (κ3) is 4.39. The highest BCUT2D eigenvalue weighted by molar-refractivity contribution is 7.88. The SMILES string of the molecule is CC(C)N[C@H]1CC[C@H](NS(C)(=O)=O)C1. The van der Waals surface area contributed by atoms with E-state index < -0.39 is 10.0 Å². The number of rotatable bonds is 4. The molecule has 2 N–H and O–H groups in total. The van der Waals surface area contributed by atoms with Gasteiger partial charge in [0.2, 0.25) is 10.0 Å². The van der Waals surface area contributed by atoms with E-state index in [9.17, 15) is 8.42 Å². The molecule has 0 aromatic rings. The van der Waals surface area contributed by atoms with Crippen molar-refractivity contribution in [1.82, 2.24) is 10.0 Å². The van der Waals surface area contributed by atoms with Crippen LogP contribution in [0, 0.1) is 0 Å². The first kappa shape index (κ1) is 11.9. The molecule has 4 nitrogen and oxygen atoms in total. The fourth-order valence-corrected chi connectivity index (χ4v) is 2.83. The molecule has 0 aliphatic heterocycles. The first-order chi connectivity index (χ1) is 6.37. The van der Waals surface area contributed by atoms with Gasteiger partial charge < -0.3 is 5.32 Å². The van der Waals surface area contributed by atoms with Gasteiger partial charge in [-0.05, 0) is 19.3 Å². The van der Waals surface area contributed by atoms with Gasteiger partial charge >= 0.3 is 0 Å². The highest BCUT2D eigenvalue weighted by atomic mass is 32.2. The van der Waals surface area contributed by atoms with Crippen molar-refractivity contribution in [3.8, 4) is 0 Å². The average molecular weight is 220 g/mol. The third-order valence-corrected chi connectivity index (χ3v) is 3.14. The Bertz CT molecular complexity index is 275. The molecule has 0 bridgehead atoms. The van der Waals surface area contributed by atoms with Crippen LogP contribution in [-0.2, 0) is 10.0 Å². The van der Waals surface area contributed by atoms with Gasteiger partial charge in [-0.15, -0.1) is 0 Å². The van der Waals surface area contributed by atoms with E-state index in [0.29, 0.717) is 12.1 Å². The van der Waals surface area contributed by atoms with Crippen molar-refractivity contribution in [3.05, 3.63) is 0 Å². The Balaban J connectivity index is 2.34. The molecule has 0 heterocycles. The van der Waals surface area contributed by atoms with Gasteiger partial charge in [0.05, 0.1) is 6.26 Å². The highest BCUT2D eigenvalue weighted by Crippen LogP contribution is 2.19. The van der Waals surface area contributed by atoms with E-state index in [0.717, 1.165) is 19.3 Å². The van der Waals surface area contributed by atoms with Crippen molar-refractivity contribution in [2.45, 2.75) is 51.2 Å². The summed E-state index contributed by atoms with van der Waals surface area (Å²) >= 11 is 0. The van der Waals surface area contributed by atoms with Gasteiger partial charge in [0.15, 0.2) is 0 Å². The maximum atomic E-state index is 11.0. The minimum absolute atomic E-state index is 0.126. The molecular weight excluding hydrogens is 200 g/mol. The predicted octanol–water partition coefficient (Wildman–Crippen LogP) is 0.455. The van der Waals surface area contributed by atoms with Crippen LogP contribution in [0.3, 0.4) is 0 Å². The zero-order valence-corrected chi connectivity index (χ0v) is 9.89. The highest BCUT2D eigenvalue weighted by Gasteiger charge is 2.26. The van der Waals surface area contributed by atoms with Crippen LogP contribution in [0.5, 0.6) is 0 Å². The summed E-state index contributed by atoms with van der Waals surface area (Å²) in [5, 5.41) is 3.42. The molecule has 5 heteroatoms. The molecule has 0 unspecified atom stereocenters. The summed E-state index contributed by atoms with van der Waals surface area (Å²) < 4.78 is 24.6. The van der Waals surface area contributed by atoms with Crippen LogP contribution in [-0.4, -0.2) is 32.8 Å². The van der Waals surface area contributed by atoms with Crippen molar-refractivity contribution >= 4 is 10.0 Å². The summed E-state index contributed by atoms with van der Waals surface area (Å²) in [4.78, 5) is 0. The molecular formula is C9H20N2O2S. The number of hydrogen-bond donors (Lipinski definition) is 2. The Morgan fingerprint density at radius 2 is 1.79 bits per heavy atom. The van der Waals surface area contributed by atoms with E-state index in [1.807, 2.05) is 0 Å². The minimum Gasteiger partial charge on any atom is -0.312 e. The first-order valence-electron chi connectivity index (χ1n) is 5.10. The molecule has 0 amide bonds. The van der Waals surface area contributed by atoms with Crippen molar-refractivity contribution < 1.29 is 8.42 Å². The van der Waals surface area contributed by atoms with Crippen molar-refractivity contribution in [2.75, 3.05) is 6.26 Å². The fourth-order valence-electron chi connectivity index (χ4n) is 2.01. The molecule has 0 aromatic carbocycles. The number of sulfonamides is 1. The fraction of sp³-hybridized carbons (Fsp3) is 1.00. The topological polar surface area (TPSA) is 58.2 Å². The lowest BCUT2D eigenvalue weighted by atomic mass is 10.2. The van der Waals surface area contributed by atoms with E-state index in [2.05, 4.69) is 23.9 Å². The molecule has 0 saturated heterocycles. The Morgan fingerprint density at radius 1 is 1.21 bits per heavy atom. The Labute approximate surface area is 86.5 Å². The van der Waals surface area contributed by atoms with Crippen molar-refractivity contribution in [3.63, 3.8) is 0 Å². The molecule has 0 spiro atoms. The lowest BCUT2D eigenvalue weighted by Crippen LogP contribution is -2.36. The molecule has 1 rings (SSSR count). The zero-order chi connectivity index (χ0) is 10.8. The second-order valence-electron chi connectivity index (χ2n) is 4.42. The van der Waals surface area contributed by atoms with Gasteiger partial charge in [0, 0.05) is 18.1 Å². The Hall–Kier alpha value is -0.130. The smallest absolute Gasteiger partial charge is 0.208 e. The summed E-state index contributed by atoms with van der Waals surface area (Å²) in [5.41, 5.74) is 0. The van der Waals surface area contributed by atoms with E-state index in [1.54, 1.807) is 0 Å². The van der Waals surface area contributed by atoms with Gasteiger partial charge in [-0.2, -0.15) is 0 Å². The molecule has 0 aromatic heterocycles. The van der Waals surface area contributed by atoms with Crippen molar-refractivity contribution in [2.24, 2.45) is 0 Å². The lowest BCUT2D eigenvalue weighted by molar-refractivity contribution is 0.462. The Kier molecular flexibility index (Phi) is 3.92. The average Bonchev–Trinajstić information content (AvgIpc) is 2.30. The molecule has 1 aliphatic rings. The molecule has 1 saturated carbocycles. The zero-order valence-electron chi connectivity index (χ0n) is 9.08. The van der Waals surface area contributed by atoms with E-state index in [4.69, 9.17) is 0 Å². The normalized spacial score (nSPS) is 28.6. The Morgan fingerprint density at radius 3 is 2.29 bits per heavy atom. The second-order valence-corrected chi connectivity index (χ2v) is 6.20. The molecule has 2 atom stereocenters.